The highest BCUT2D eigenvalue weighted by molar-refractivity contribution is 6.00. The molecular weight excluding hydrogens is 222 g/mol. The summed E-state index contributed by atoms with van der Waals surface area (Å²) in [4.78, 5) is 12.5. The molecule has 1 heterocycles. The third-order valence-corrected chi connectivity index (χ3v) is 3.93. The molecule has 0 saturated carbocycles. The second kappa shape index (κ2) is 4.51. The van der Waals surface area contributed by atoms with Crippen molar-refractivity contribution < 1.29 is 4.79 Å². The van der Waals surface area contributed by atoms with Crippen LogP contribution in [0.5, 0.6) is 0 Å². The molecule has 2 heteroatoms. The van der Waals surface area contributed by atoms with Crippen LogP contribution in [0.25, 0.3) is 0 Å². The predicted octanol–water partition coefficient (Wildman–Crippen LogP) is 3.17. The Labute approximate surface area is 110 Å². The van der Waals surface area contributed by atoms with Crippen LogP contribution in [0.1, 0.15) is 50.0 Å². The fourth-order valence-electron chi connectivity index (χ4n) is 2.48. The molecule has 1 fully saturated rings. The Morgan fingerprint density at radius 3 is 2.28 bits per heavy atom. The van der Waals surface area contributed by atoms with Crippen molar-refractivity contribution in [1.29, 1.82) is 0 Å². The number of carbonyl (C=O) groups excluding carboxylic acids is 1. The Balaban J connectivity index is 2.22. The lowest BCUT2D eigenvalue weighted by Gasteiger charge is -2.22. The number of hydrogen-bond donors (Lipinski definition) is 1. The molecule has 1 N–H and O–H groups in total. The highest BCUT2D eigenvalue weighted by atomic mass is 16.1. The molecule has 2 rings (SSSR count). The molecule has 0 radical (unpaired) electrons. The highest BCUT2D eigenvalue weighted by Crippen LogP contribution is 2.30. The maximum absolute atomic E-state index is 12.5. The number of nitrogens with one attached hydrogen (secondary N) is 1. The largest absolute Gasteiger partial charge is 0.316 e. The average Bonchev–Trinajstić information content (AvgIpc) is 2.75. The molecule has 0 aliphatic carbocycles. The summed E-state index contributed by atoms with van der Waals surface area (Å²) < 4.78 is 0. The number of hydrogen-bond acceptors (Lipinski definition) is 2. The molecule has 1 aliphatic heterocycles. The van der Waals surface area contributed by atoms with Gasteiger partial charge in [0.2, 0.25) is 0 Å². The van der Waals surface area contributed by atoms with Crippen molar-refractivity contribution in [3.8, 4) is 0 Å². The Morgan fingerprint density at radius 2 is 1.83 bits per heavy atom. The second-order valence-electron chi connectivity index (χ2n) is 6.64. The van der Waals surface area contributed by atoms with E-state index in [1.54, 1.807) is 0 Å². The van der Waals surface area contributed by atoms with E-state index in [1.807, 2.05) is 12.1 Å². The molecule has 1 unspecified atom stereocenters. The second-order valence-corrected chi connectivity index (χ2v) is 6.64. The first-order chi connectivity index (χ1) is 8.33. The molecule has 1 aromatic carbocycles. The molecule has 0 spiro atoms. The Kier molecular flexibility index (Phi) is 3.33. The monoisotopic (exact) mass is 245 g/mol. The van der Waals surface area contributed by atoms with Crippen molar-refractivity contribution in [2.75, 3.05) is 13.1 Å². The minimum absolute atomic E-state index is 0.139. The third kappa shape index (κ3) is 2.49. The smallest absolute Gasteiger partial charge is 0.170 e. The lowest BCUT2D eigenvalue weighted by atomic mass is 9.80. The minimum Gasteiger partial charge on any atom is -0.316 e. The van der Waals surface area contributed by atoms with Gasteiger partial charge in [-0.25, -0.2) is 0 Å². The van der Waals surface area contributed by atoms with E-state index in [9.17, 15) is 4.79 Å². The zero-order valence-corrected chi connectivity index (χ0v) is 11.8. The van der Waals surface area contributed by atoms with Gasteiger partial charge in [0.15, 0.2) is 5.78 Å². The summed E-state index contributed by atoms with van der Waals surface area (Å²) in [7, 11) is 0. The zero-order valence-electron chi connectivity index (χ0n) is 11.8. The van der Waals surface area contributed by atoms with Crippen molar-refractivity contribution >= 4 is 5.78 Å². The number of ketones is 1. The summed E-state index contributed by atoms with van der Waals surface area (Å²) in [6.45, 7) is 10.4. The van der Waals surface area contributed by atoms with Crippen LogP contribution >= 0.6 is 0 Å². The van der Waals surface area contributed by atoms with Gasteiger partial charge in [-0.1, -0.05) is 52.0 Å². The first-order valence-electron chi connectivity index (χ1n) is 6.69. The molecular formula is C16H23NO. The molecule has 0 amide bonds. The Bertz CT molecular complexity index is 433. The zero-order chi connectivity index (χ0) is 13.4. The van der Waals surface area contributed by atoms with Crippen LogP contribution in [-0.2, 0) is 5.41 Å². The molecule has 1 aliphatic rings. The van der Waals surface area contributed by atoms with E-state index in [-0.39, 0.29) is 16.6 Å². The van der Waals surface area contributed by atoms with Crippen molar-refractivity contribution in [3.63, 3.8) is 0 Å². The van der Waals surface area contributed by atoms with Crippen LogP contribution in [0.3, 0.4) is 0 Å². The lowest BCUT2D eigenvalue weighted by Crippen LogP contribution is -2.30. The maximum atomic E-state index is 12.5. The molecule has 0 aromatic heterocycles. The van der Waals surface area contributed by atoms with Crippen LogP contribution in [-0.4, -0.2) is 18.9 Å². The summed E-state index contributed by atoms with van der Waals surface area (Å²) in [5.41, 5.74) is 2.03. The van der Waals surface area contributed by atoms with Gasteiger partial charge < -0.3 is 5.32 Å². The first-order valence-corrected chi connectivity index (χ1v) is 6.69. The van der Waals surface area contributed by atoms with Gasteiger partial charge in [-0.05, 0) is 23.9 Å². The van der Waals surface area contributed by atoms with E-state index in [4.69, 9.17) is 0 Å². The molecule has 1 saturated heterocycles. The number of carbonyl (C=O) groups is 1. The normalized spacial score (nSPS) is 24.2. The standard InChI is InChI=1S/C16H23NO/c1-15(2,3)13-7-5-12(6-8-13)14(18)16(4)9-10-17-11-16/h5-8,17H,9-11H2,1-4H3. The molecule has 18 heavy (non-hydrogen) atoms. The van der Waals surface area contributed by atoms with Crippen LogP contribution in [0.2, 0.25) is 0 Å². The molecule has 1 aromatic rings. The fraction of sp³-hybridized carbons (Fsp3) is 0.562. The predicted molar refractivity (Wildman–Crippen MR) is 75.1 cm³/mol. The Morgan fingerprint density at radius 1 is 1.22 bits per heavy atom. The average molecular weight is 245 g/mol. The molecule has 2 nitrogen and oxygen atoms in total. The van der Waals surface area contributed by atoms with Gasteiger partial charge in [0.05, 0.1) is 0 Å². The van der Waals surface area contributed by atoms with Gasteiger partial charge in [0.1, 0.15) is 0 Å². The summed E-state index contributed by atoms with van der Waals surface area (Å²) in [5, 5.41) is 3.28. The van der Waals surface area contributed by atoms with E-state index >= 15 is 0 Å². The van der Waals surface area contributed by atoms with Gasteiger partial charge in [-0.2, -0.15) is 0 Å². The quantitative estimate of drug-likeness (QED) is 0.811. The van der Waals surface area contributed by atoms with Gasteiger partial charge in [-0.3, -0.25) is 4.79 Å². The summed E-state index contributed by atoms with van der Waals surface area (Å²) in [6, 6.07) is 8.12. The van der Waals surface area contributed by atoms with E-state index in [1.165, 1.54) is 5.56 Å². The van der Waals surface area contributed by atoms with Gasteiger partial charge >= 0.3 is 0 Å². The van der Waals surface area contributed by atoms with Crippen LogP contribution < -0.4 is 5.32 Å². The SMILES string of the molecule is CC1(C(=O)c2ccc(C(C)(C)C)cc2)CCNC1. The van der Waals surface area contributed by atoms with Crippen molar-refractivity contribution in [2.45, 2.75) is 39.5 Å². The molecule has 0 bridgehead atoms. The van der Waals surface area contributed by atoms with E-state index in [0.29, 0.717) is 0 Å². The molecule has 1 atom stereocenters. The van der Waals surface area contributed by atoms with Crippen molar-refractivity contribution in [1.82, 2.24) is 5.32 Å². The van der Waals surface area contributed by atoms with E-state index in [2.05, 4.69) is 45.1 Å². The summed E-state index contributed by atoms with van der Waals surface area (Å²) in [5.74, 6) is 0.271. The lowest BCUT2D eigenvalue weighted by molar-refractivity contribution is 0.0839. The van der Waals surface area contributed by atoms with E-state index in [0.717, 1.165) is 25.1 Å². The van der Waals surface area contributed by atoms with E-state index < -0.39 is 0 Å². The first kappa shape index (κ1) is 13.3. The third-order valence-electron chi connectivity index (χ3n) is 3.93. The maximum Gasteiger partial charge on any atom is 0.170 e. The Hall–Kier alpha value is -1.15. The number of Topliss-reactive ketones (excluding diaryl/α,β-unsaturated/α-hetero) is 1. The van der Waals surface area contributed by atoms with Gasteiger partial charge in [-0.15, -0.1) is 0 Å². The van der Waals surface area contributed by atoms with Crippen molar-refractivity contribution in [2.24, 2.45) is 5.41 Å². The van der Waals surface area contributed by atoms with Gasteiger partial charge in [0.25, 0.3) is 0 Å². The summed E-state index contributed by atoms with van der Waals surface area (Å²) in [6.07, 6.45) is 0.937. The highest BCUT2D eigenvalue weighted by Gasteiger charge is 2.36. The van der Waals surface area contributed by atoms with Crippen LogP contribution in [0.15, 0.2) is 24.3 Å². The van der Waals surface area contributed by atoms with Crippen LogP contribution in [0, 0.1) is 5.41 Å². The fourth-order valence-corrected chi connectivity index (χ4v) is 2.48. The summed E-state index contributed by atoms with van der Waals surface area (Å²) >= 11 is 0. The minimum atomic E-state index is -0.219. The number of rotatable bonds is 2. The number of benzene rings is 1. The van der Waals surface area contributed by atoms with Gasteiger partial charge in [0, 0.05) is 17.5 Å². The van der Waals surface area contributed by atoms with Crippen molar-refractivity contribution in [3.05, 3.63) is 35.4 Å². The molecule has 98 valence electrons. The topological polar surface area (TPSA) is 29.1 Å². The van der Waals surface area contributed by atoms with Crippen LogP contribution in [0.4, 0.5) is 0 Å².